The molecule has 0 aliphatic carbocycles. The Morgan fingerprint density at radius 3 is 2.24 bits per heavy atom. The smallest absolute Gasteiger partial charge is 0.261 e. The lowest BCUT2D eigenvalue weighted by molar-refractivity contribution is -0.111. The van der Waals surface area contributed by atoms with Gasteiger partial charge in [0.05, 0.1) is 15.6 Å². The van der Waals surface area contributed by atoms with E-state index < -0.39 is 10.0 Å². The van der Waals surface area contributed by atoms with Gasteiger partial charge in [0.15, 0.2) is 0 Å². The highest BCUT2D eigenvalue weighted by molar-refractivity contribution is 7.92. The molecule has 0 aliphatic rings. The minimum Gasteiger partial charge on any atom is -0.323 e. The summed E-state index contributed by atoms with van der Waals surface area (Å²) in [5, 5.41) is 3.08. The van der Waals surface area contributed by atoms with Crippen LogP contribution in [-0.4, -0.2) is 14.3 Å². The van der Waals surface area contributed by atoms with Gasteiger partial charge in [-0.2, -0.15) is 0 Å². The Kier molecular flexibility index (Phi) is 6.36. The maximum Gasteiger partial charge on any atom is 0.261 e. The molecule has 0 aliphatic heterocycles. The molecule has 0 bridgehead atoms. The van der Waals surface area contributed by atoms with Gasteiger partial charge in [0.25, 0.3) is 10.0 Å². The summed E-state index contributed by atoms with van der Waals surface area (Å²) in [6, 6.07) is 20.3. The Morgan fingerprint density at radius 2 is 1.59 bits per heavy atom. The van der Waals surface area contributed by atoms with Gasteiger partial charge in [0, 0.05) is 11.8 Å². The third-order valence-electron chi connectivity index (χ3n) is 4.05. The first-order valence-electron chi connectivity index (χ1n) is 8.77. The zero-order chi connectivity index (χ0) is 20.9. The van der Waals surface area contributed by atoms with Gasteiger partial charge in [0.1, 0.15) is 0 Å². The first-order chi connectivity index (χ1) is 13.8. The van der Waals surface area contributed by atoms with E-state index in [1.165, 1.54) is 18.2 Å². The standard InChI is InChI=1S/C22H19ClN2O3S/c1-16-6-11-18(12-7-16)24-22(26)15-10-17-8-13-19(14-9-17)29(27,28)25-21-5-3-2-4-20(21)23/h2-15,25H,1H3,(H,24,26)/b15-10+. The summed E-state index contributed by atoms with van der Waals surface area (Å²) in [6.45, 7) is 1.97. The van der Waals surface area contributed by atoms with Crippen LogP contribution in [0.3, 0.4) is 0 Å². The van der Waals surface area contributed by atoms with Crippen molar-refractivity contribution in [1.82, 2.24) is 0 Å². The quantitative estimate of drug-likeness (QED) is 0.538. The molecule has 0 aromatic heterocycles. The number of aryl methyl sites for hydroxylation is 1. The second kappa shape index (κ2) is 8.94. The Labute approximate surface area is 175 Å². The molecule has 0 fully saturated rings. The predicted molar refractivity (Wildman–Crippen MR) is 118 cm³/mol. The average Bonchev–Trinajstić information content (AvgIpc) is 2.70. The van der Waals surface area contributed by atoms with Crippen molar-refractivity contribution in [2.75, 3.05) is 10.0 Å². The van der Waals surface area contributed by atoms with Crippen LogP contribution in [0.1, 0.15) is 11.1 Å². The maximum atomic E-state index is 12.5. The third-order valence-corrected chi connectivity index (χ3v) is 5.77. The fourth-order valence-corrected chi connectivity index (χ4v) is 3.82. The maximum absolute atomic E-state index is 12.5. The average molecular weight is 427 g/mol. The van der Waals surface area contributed by atoms with Gasteiger partial charge in [-0.25, -0.2) is 8.42 Å². The SMILES string of the molecule is Cc1ccc(NC(=O)/C=C/c2ccc(S(=O)(=O)Nc3ccccc3Cl)cc2)cc1. The molecule has 0 radical (unpaired) electrons. The summed E-state index contributed by atoms with van der Waals surface area (Å²) in [6.07, 6.45) is 3.01. The summed E-state index contributed by atoms with van der Waals surface area (Å²) in [7, 11) is -3.77. The molecule has 2 N–H and O–H groups in total. The largest absolute Gasteiger partial charge is 0.323 e. The van der Waals surface area contributed by atoms with Crippen molar-refractivity contribution in [3.63, 3.8) is 0 Å². The van der Waals surface area contributed by atoms with E-state index in [-0.39, 0.29) is 10.8 Å². The number of benzene rings is 3. The molecule has 1 amide bonds. The summed E-state index contributed by atoms with van der Waals surface area (Å²) in [5.74, 6) is -0.272. The van der Waals surface area contributed by atoms with Crippen molar-refractivity contribution in [3.05, 3.63) is 95.0 Å². The van der Waals surface area contributed by atoms with E-state index in [0.717, 1.165) is 5.56 Å². The van der Waals surface area contributed by atoms with E-state index >= 15 is 0 Å². The van der Waals surface area contributed by atoms with Gasteiger partial charge in [-0.3, -0.25) is 9.52 Å². The number of halogens is 1. The molecular formula is C22H19ClN2O3S. The number of amides is 1. The van der Waals surface area contributed by atoms with Crippen LogP contribution in [0.2, 0.25) is 5.02 Å². The number of hydrogen-bond donors (Lipinski definition) is 2. The highest BCUT2D eigenvalue weighted by atomic mass is 35.5. The van der Waals surface area contributed by atoms with Gasteiger partial charge in [-0.05, 0) is 55.0 Å². The summed E-state index contributed by atoms with van der Waals surface area (Å²) in [4.78, 5) is 12.1. The van der Waals surface area contributed by atoms with Gasteiger partial charge >= 0.3 is 0 Å². The van der Waals surface area contributed by atoms with Gasteiger partial charge < -0.3 is 5.32 Å². The molecule has 0 saturated heterocycles. The normalized spacial score (nSPS) is 11.4. The fraction of sp³-hybridized carbons (Fsp3) is 0.0455. The van der Waals surface area contributed by atoms with E-state index in [1.54, 1.807) is 42.5 Å². The van der Waals surface area contributed by atoms with E-state index in [1.807, 2.05) is 31.2 Å². The number of carbonyl (C=O) groups excluding carboxylic acids is 1. The van der Waals surface area contributed by atoms with Gasteiger partial charge in [-0.15, -0.1) is 0 Å². The molecule has 3 aromatic rings. The number of sulfonamides is 1. The van der Waals surface area contributed by atoms with Crippen molar-refractivity contribution in [3.8, 4) is 0 Å². The van der Waals surface area contributed by atoms with Crippen LogP contribution in [0.15, 0.2) is 83.8 Å². The molecule has 0 heterocycles. The predicted octanol–water partition coefficient (Wildman–Crippen LogP) is 5.10. The first kappa shape index (κ1) is 20.6. The van der Waals surface area contributed by atoms with Crippen LogP contribution in [0, 0.1) is 6.92 Å². The van der Waals surface area contributed by atoms with Gasteiger partial charge in [0.2, 0.25) is 5.91 Å². The zero-order valence-corrected chi connectivity index (χ0v) is 17.2. The van der Waals surface area contributed by atoms with Crippen LogP contribution in [0.4, 0.5) is 11.4 Å². The number of para-hydroxylation sites is 1. The number of nitrogens with one attached hydrogen (secondary N) is 2. The minimum absolute atomic E-state index is 0.0960. The van der Waals surface area contributed by atoms with Crippen molar-refractivity contribution in [2.24, 2.45) is 0 Å². The molecule has 0 saturated carbocycles. The highest BCUT2D eigenvalue weighted by Gasteiger charge is 2.15. The monoisotopic (exact) mass is 426 g/mol. The van der Waals surface area contributed by atoms with E-state index in [4.69, 9.17) is 11.6 Å². The molecule has 148 valence electrons. The molecule has 5 nitrogen and oxygen atoms in total. The van der Waals surface area contributed by atoms with E-state index in [9.17, 15) is 13.2 Å². The fourth-order valence-electron chi connectivity index (χ4n) is 2.50. The second-order valence-electron chi connectivity index (χ2n) is 6.34. The second-order valence-corrected chi connectivity index (χ2v) is 8.43. The zero-order valence-electron chi connectivity index (χ0n) is 15.6. The summed E-state index contributed by atoms with van der Waals surface area (Å²) < 4.78 is 27.5. The van der Waals surface area contributed by atoms with Crippen molar-refractivity contribution in [1.29, 1.82) is 0 Å². The summed E-state index contributed by atoms with van der Waals surface area (Å²) >= 11 is 6.01. The van der Waals surface area contributed by atoms with Crippen LogP contribution in [-0.2, 0) is 14.8 Å². The summed E-state index contributed by atoms with van der Waals surface area (Å²) in [5.41, 5.74) is 2.82. The topological polar surface area (TPSA) is 75.3 Å². The molecule has 0 spiro atoms. The van der Waals surface area contributed by atoms with Crippen LogP contribution >= 0.6 is 11.6 Å². The van der Waals surface area contributed by atoms with Crippen LogP contribution in [0.25, 0.3) is 6.08 Å². The third kappa shape index (κ3) is 5.70. The molecule has 3 aromatic carbocycles. The van der Waals surface area contributed by atoms with Crippen molar-refractivity contribution in [2.45, 2.75) is 11.8 Å². The molecule has 0 unspecified atom stereocenters. The molecule has 7 heteroatoms. The Balaban J connectivity index is 1.66. The Morgan fingerprint density at radius 1 is 0.931 bits per heavy atom. The van der Waals surface area contributed by atoms with Crippen molar-refractivity contribution < 1.29 is 13.2 Å². The lowest BCUT2D eigenvalue weighted by Crippen LogP contribution is -2.13. The van der Waals surface area contributed by atoms with E-state index in [0.29, 0.717) is 22.0 Å². The number of carbonyl (C=O) groups is 1. The van der Waals surface area contributed by atoms with Crippen molar-refractivity contribution >= 4 is 45.0 Å². The number of rotatable bonds is 6. The lowest BCUT2D eigenvalue weighted by atomic mass is 10.2. The minimum atomic E-state index is -3.77. The highest BCUT2D eigenvalue weighted by Crippen LogP contribution is 2.24. The molecule has 29 heavy (non-hydrogen) atoms. The number of hydrogen-bond acceptors (Lipinski definition) is 3. The van der Waals surface area contributed by atoms with Crippen LogP contribution in [0.5, 0.6) is 0 Å². The Bertz CT molecular complexity index is 1140. The molecule has 3 rings (SSSR count). The first-order valence-corrected chi connectivity index (χ1v) is 10.6. The lowest BCUT2D eigenvalue weighted by Gasteiger charge is -2.09. The number of anilines is 2. The molecule has 0 atom stereocenters. The molecular weight excluding hydrogens is 408 g/mol. The van der Waals surface area contributed by atoms with Crippen LogP contribution < -0.4 is 10.0 Å². The van der Waals surface area contributed by atoms with Gasteiger partial charge in [-0.1, -0.05) is 53.6 Å². The van der Waals surface area contributed by atoms with E-state index in [2.05, 4.69) is 10.0 Å². The Hall–Kier alpha value is -3.09.